The number of benzene rings is 1. The van der Waals surface area contributed by atoms with Crippen LogP contribution < -0.4 is 0 Å². The van der Waals surface area contributed by atoms with Gasteiger partial charge in [0.15, 0.2) is 0 Å². The molecule has 0 radical (unpaired) electrons. The van der Waals surface area contributed by atoms with Crippen molar-refractivity contribution in [3.05, 3.63) is 53.7 Å². The maximum absolute atomic E-state index is 8.06. The summed E-state index contributed by atoms with van der Waals surface area (Å²) in [5, 5.41) is 0. The van der Waals surface area contributed by atoms with E-state index < -0.39 is 6.37 Å². The van der Waals surface area contributed by atoms with E-state index in [9.17, 15) is 0 Å². The summed E-state index contributed by atoms with van der Waals surface area (Å²) < 4.78 is 16.1. The van der Waals surface area contributed by atoms with Crippen LogP contribution in [0.2, 0.25) is 0 Å². The number of hydrogen-bond acceptors (Lipinski definition) is 1. The molecule has 0 aliphatic rings. The van der Waals surface area contributed by atoms with Gasteiger partial charge in [0.25, 0.3) is 0 Å². The first-order valence-corrected chi connectivity index (χ1v) is 6.27. The third-order valence-electron chi connectivity index (χ3n) is 3.01. The van der Waals surface area contributed by atoms with Crippen LogP contribution in [0.25, 0.3) is 11.3 Å². The highest BCUT2D eigenvalue weighted by Gasteiger charge is 2.18. The molecular weight excluding hydrogens is 218 g/mol. The molecule has 0 aliphatic carbocycles. The minimum absolute atomic E-state index is 0.124. The van der Waals surface area contributed by atoms with Gasteiger partial charge in [-0.1, -0.05) is 64.1 Å². The lowest BCUT2D eigenvalue weighted by Crippen LogP contribution is -2.15. The largest absolute Gasteiger partial charge is 0.253 e. The van der Waals surface area contributed by atoms with Crippen molar-refractivity contribution in [2.24, 2.45) is 0 Å². The standard InChI is InChI=1S/C17H21N/c1-5-15-14(17(2,3)4)11-12-16(18-15)13-9-7-6-8-10-13/h6-12H,5H2,1-4H3/i5D2. The van der Waals surface area contributed by atoms with Gasteiger partial charge < -0.3 is 0 Å². The molecule has 1 heteroatoms. The van der Waals surface area contributed by atoms with Crippen molar-refractivity contribution >= 4 is 0 Å². The predicted molar refractivity (Wildman–Crippen MR) is 77.8 cm³/mol. The van der Waals surface area contributed by atoms with Gasteiger partial charge >= 0.3 is 0 Å². The van der Waals surface area contributed by atoms with E-state index in [2.05, 4.69) is 25.8 Å². The van der Waals surface area contributed by atoms with Crippen LogP contribution >= 0.6 is 0 Å². The van der Waals surface area contributed by atoms with Crippen molar-refractivity contribution < 1.29 is 2.74 Å². The molecule has 0 spiro atoms. The fourth-order valence-electron chi connectivity index (χ4n) is 2.02. The molecule has 1 aromatic carbocycles. The van der Waals surface area contributed by atoms with Gasteiger partial charge in [0.2, 0.25) is 0 Å². The summed E-state index contributed by atoms with van der Waals surface area (Å²) in [5.41, 5.74) is 3.20. The lowest BCUT2D eigenvalue weighted by atomic mass is 9.85. The van der Waals surface area contributed by atoms with E-state index in [0.717, 1.165) is 16.8 Å². The topological polar surface area (TPSA) is 12.9 Å². The number of pyridine rings is 1. The third-order valence-corrected chi connectivity index (χ3v) is 3.01. The van der Waals surface area contributed by atoms with Crippen LogP contribution in [-0.4, -0.2) is 4.98 Å². The van der Waals surface area contributed by atoms with Crippen molar-refractivity contribution in [3.8, 4) is 11.3 Å². The Kier molecular flexibility index (Phi) is 2.82. The zero-order chi connectivity index (χ0) is 15.0. The van der Waals surface area contributed by atoms with Crippen molar-refractivity contribution in [2.75, 3.05) is 0 Å². The van der Waals surface area contributed by atoms with Crippen molar-refractivity contribution in [1.29, 1.82) is 0 Å². The molecule has 2 rings (SSSR count). The van der Waals surface area contributed by atoms with Gasteiger partial charge in [-0.3, -0.25) is 4.98 Å². The van der Waals surface area contributed by atoms with Gasteiger partial charge in [-0.15, -0.1) is 0 Å². The Balaban J connectivity index is 2.62. The van der Waals surface area contributed by atoms with E-state index in [4.69, 9.17) is 2.74 Å². The Morgan fingerprint density at radius 2 is 1.72 bits per heavy atom. The second-order valence-electron chi connectivity index (χ2n) is 5.46. The van der Waals surface area contributed by atoms with Crippen molar-refractivity contribution in [2.45, 2.75) is 39.5 Å². The van der Waals surface area contributed by atoms with E-state index >= 15 is 0 Å². The van der Waals surface area contributed by atoms with Crippen LogP contribution in [0.1, 0.15) is 41.7 Å². The molecule has 0 atom stereocenters. The summed E-state index contributed by atoms with van der Waals surface area (Å²) in [6.45, 7) is 7.82. The lowest BCUT2D eigenvalue weighted by Gasteiger charge is -2.22. The Hall–Kier alpha value is -1.63. The fraction of sp³-hybridized carbons (Fsp3) is 0.353. The zero-order valence-corrected chi connectivity index (χ0v) is 11.5. The normalized spacial score (nSPS) is 14.0. The smallest absolute Gasteiger partial charge is 0.0705 e. The molecule has 0 amide bonds. The molecule has 0 saturated heterocycles. The zero-order valence-electron chi connectivity index (χ0n) is 13.5. The van der Waals surface area contributed by atoms with Crippen LogP contribution in [0.3, 0.4) is 0 Å². The highest BCUT2D eigenvalue weighted by atomic mass is 14.7. The predicted octanol–water partition coefficient (Wildman–Crippen LogP) is 4.61. The van der Waals surface area contributed by atoms with Crippen molar-refractivity contribution in [1.82, 2.24) is 4.98 Å². The molecule has 1 heterocycles. The summed E-state index contributed by atoms with van der Waals surface area (Å²) >= 11 is 0. The maximum Gasteiger partial charge on any atom is 0.0705 e. The van der Waals surface area contributed by atoms with Crippen LogP contribution in [0.5, 0.6) is 0 Å². The third kappa shape index (κ3) is 2.61. The van der Waals surface area contributed by atoms with Gasteiger partial charge in [-0.25, -0.2) is 0 Å². The first kappa shape index (κ1) is 10.3. The highest BCUT2D eigenvalue weighted by molar-refractivity contribution is 5.59. The molecule has 94 valence electrons. The maximum atomic E-state index is 8.06. The van der Waals surface area contributed by atoms with Crippen LogP contribution in [0.15, 0.2) is 42.5 Å². The lowest BCUT2D eigenvalue weighted by molar-refractivity contribution is 0.579. The van der Waals surface area contributed by atoms with Crippen LogP contribution in [-0.2, 0) is 11.8 Å². The Bertz CT molecular complexity index is 593. The van der Waals surface area contributed by atoms with Gasteiger partial charge in [-0.05, 0) is 23.4 Å². The summed E-state index contributed by atoms with van der Waals surface area (Å²) in [6, 6.07) is 13.9. The van der Waals surface area contributed by atoms with E-state index in [1.807, 2.05) is 42.5 Å². The second-order valence-corrected chi connectivity index (χ2v) is 5.46. The highest BCUT2D eigenvalue weighted by Crippen LogP contribution is 2.27. The summed E-state index contributed by atoms with van der Waals surface area (Å²) in [6.07, 6.45) is -1.45. The molecular formula is C17H21N. The first-order valence-electron chi connectivity index (χ1n) is 7.27. The number of aromatic nitrogens is 1. The minimum atomic E-state index is -1.45. The Morgan fingerprint density at radius 3 is 2.28 bits per heavy atom. The quantitative estimate of drug-likeness (QED) is 0.748. The minimum Gasteiger partial charge on any atom is -0.253 e. The molecule has 1 aromatic heterocycles. The monoisotopic (exact) mass is 241 g/mol. The van der Waals surface area contributed by atoms with Crippen LogP contribution in [0.4, 0.5) is 0 Å². The number of rotatable bonds is 2. The van der Waals surface area contributed by atoms with Gasteiger partial charge in [-0.2, -0.15) is 0 Å². The van der Waals surface area contributed by atoms with Gasteiger partial charge in [0.1, 0.15) is 0 Å². The molecule has 0 saturated carbocycles. The number of nitrogens with zero attached hydrogens (tertiary/aromatic N) is 1. The molecule has 0 bridgehead atoms. The van der Waals surface area contributed by atoms with Gasteiger partial charge in [0, 0.05) is 14.0 Å². The average Bonchev–Trinajstić information content (AvgIpc) is 2.37. The van der Waals surface area contributed by atoms with Crippen molar-refractivity contribution in [3.63, 3.8) is 0 Å². The average molecular weight is 241 g/mol. The SMILES string of the molecule is [2H]C([2H])(C)c1nc(-c2ccccc2)ccc1C(C)(C)C. The summed E-state index contributed by atoms with van der Waals surface area (Å²) in [7, 11) is 0. The van der Waals surface area contributed by atoms with E-state index in [0.29, 0.717) is 5.69 Å². The molecule has 0 aliphatic heterocycles. The summed E-state index contributed by atoms with van der Waals surface area (Å²) in [4.78, 5) is 4.61. The van der Waals surface area contributed by atoms with E-state index in [-0.39, 0.29) is 5.41 Å². The fourth-order valence-corrected chi connectivity index (χ4v) is 2.02. The van der Waals surface area contributed by atoms with E-state index in [1.165, 1.54) is 0 Å². The second kappa shape index (κ2) is 4.93. The number of aryl methyl sites for hydroxylation is 1. The Labute approximate surface area is 113 Å². The molecule has 18 heavy (non-hydrogen) atoms. The summed E-state index contributed by atoms with van der Waals surface area (Å²) in [5.74, 6) is 0. The molecule has 1 nitrogen and oxygen atoms in total. The molecule has 0 N–H and O–H groups in total. The molecule has 0 unspecified atom stereocenters. The van der Waals surface area contributed by atoms with E-state index in [1.54, 1.807) is 6.92 Å². The first-order chi connectivity index (χ1) is 9.19. The molecule has 2 aromatic rings. The van der Waals surface area contributed by atoms with Crippen LogP contribution in [0, 0.1) is 0 Å². The molecule has 0 fully saturated rings. The number of hydrogen-bond donors (Lipinski definition) is 0. The van der Waals surface area contributed by atoms with Gasteiger partial charge in [0.05, 0.1) is 5.69 Å². The Morgan fingerprint density at radius 1 is 1.06 bits per heavy atom.